The summed E-state index contributed by atoms with van der Waals surface area (Å²) in [5.41, 5.74) is 10.9. The number of hydrogen-bond acceptors (Lipinski definition) is 2. The van der Waals surface area contributed by atoms with Gasteiger partial charge in [0.25, 0.3) is 0 Å². The lowest BCUT2D eigenvalue weighted by Crippen LogP contribution is -2.17. The third-order valence-corrected chi connectivity index (χ3v) is 2.85. The number of nitrogens with two attached hydrogens (primary N) is 1. The van der Waals surface area contributed by atoms with Gasteiger partial charge in [0.15, 0.2) is 0 Å². The molecule has 1 aliphatic rings. The van der Waals surface area contributed by atoms with Crippen molar-refractivity contribution < 1.29 is 4.79 Å². The molecule has 0 atom stereocenters. The van der Waals surface area contributed by atoms with Gasteiger partial charge in [0.05, 0.1) is 6.42 Å². The second-order valence-corrected chi connectivity index (χ2v) is 4.47. The number of rotatable bonds is 3. The van der Waals surface area contributed by atoms with E-state index in [0.29, 0.717) is 0 Å². The summed E-state index contributed by atoms with van der Waals surface area (Å²) >= 11 is 0. The van der Waals surface area contributed by atoms with Gasteiger partial charge in [0, 0.05) is 16.9 Å². The van der Waals surface area contributed by atoms with Gasteiger partial charge in [0.1, 0.15) is 0 Å². The van der Waals surface area contributed by atoms with Crippen molar-refractivity contribution in [3.05, 3.63) is 54.3 Å². The zero-order chi connectivity index (χ0) is 13.3. The number of carbonyl (C=O) groups excluding carboxylic acids is 1. The molecule has 0 spiro atoms. The Balaban J connectivity index is 2.45. The van der Waals surface area contributed by atoms with Gasteiger partial charge >= 0.3 is 0 Å². The highest BCUT2D eigenvalue weighted by molar-refractivity contribution is 5.93. The molecule has 1 aromatic rings. The average molecular weight is 240 g/mol. The van der Waals surface area contributed by atoms with E-state index in [-0.39, 0.29) is 12.3 Å². The van der Waals surface area contributed by atoms with Gasteiger partial charge in [0.2, 0.25) is 5.91 Å². The van der Waals surface area contributed by atoms with Crippen molar-refractivity contribution in [3.63, 3.8) is 0 Å². The highest BCUT2D eigenvalue weighted by Gasteiger charge is 2.17. The number of hydrogen-bond donors (Lipinski definition) is 2. The zero-order valence-corrected chi connectivity index (χ0v) is 10.4. The Hall–Kier alpha value is -2.29. The molecular formula is C15H16N2O. The van der Waals surface area contributed by atoms with Gasteiger partial charge in [-0.2, -0.15) is 0 Å². The number of benzene rings is 1. The van der Waals surface area contributed by atoms with E-state index in [9.17, 15) is 4.79 Å². The van der Waals surface area contributed by atoms with Crippen molar-refractivity contribution in [3.8, 4) is 0 Å². The van der Waals surface area contributed by atoms with Crippen molar-refractivity contribution >= 4 is 22.7 Å². The molecule has 0 radical (unpaired) electrons. The molecule has 1 aliphatic heterocycles. The van der Waals surface area contributed by atoms with Crippen LogP contribution in [0.4, 0.5) is 5.69 Å². The maximum Gasteiger partial charge on any atom is 0.223 e. The van der Waals surface area contributed by atoms with Gasteiger partial charge in [-0.25, -0.2) is 0 Å². The predicted octanol–water partition coefficient (Wildman–Crippen LogP) is 2.92. The second-order valence-electron chi connectivity index (χ2n) is 4.47. The molecule has 3 nitrogen and oxygen atoms in total. The molecule has 1 amide bonds. The van der Waals surface area contributed by atoms with E-state index in [0.717, 1.165) is 33.7 Å². The largest absolute Gasteiger partial charge is 0.369 e. The van der Waals surface area contributed by atoms with Crippen LogP contribution in [0.2, 0.25) is 0 Å². The first kappa shape index (κ1) is 12.2. The van der Waals surface area contributed by atoms with Crippen molar-refractivity contribution in [1.82, 2.24) is 0 Å². The molecule has 92 valence electrons. The fraction of sp³-hybridized carbons (Fsp3) is 0.133. The molecule has 0 aliphatic carbocycles. The van der Waals surface area contributed by atoms with Gasteiger partial charge in [-0.1, -0.05) is 30.9 Å². The second kappa shape index (κ2) is 4.53. The summed E-state index contributed by atoms with van der Waals surface area (Å²) in [6.45, 7) is 9.98. The van der Waals surface area contributed by atoms with E-state index in [1.807, 2.05) is 31.2 Å². The molecule has 0 saturated carbocycles. The molecule has 3 N–H and O–H groups in total. The fourth-order valence-corrected chi connectivity index (χ4v) is 2.13. The van der Waals surface area contributed by atoms with Crippen molar-refractivity contribution in [2.45, 2.75) is 13.3 Å². The molecular weight excluding hydrogens is 224 g/mol. The zero-order valence-electron chi connectivity index (χ0n) is 10.4. The molecule has 2 rings (SSSR count). The van der Waals surface area contributed by atoms with Gasteiger partial charge < -0.3 is 11.1 Å². The normalized spacial score (nSPS) is 13.4. The smallest absolute Gasteiger partial charge is 0.223 e. The lowest BCUT2D eigenvalue weighted by molar-refractivity contribution is -0.117. The summed E-state index contributed by atoms with van der Waals surface area (Å²) in [5.74, 6) is -0.360. The monoisotopic (exact) mass is 240 g/mol. The lowest BCUT2D eigenvalue weighted by Gasteiger charge is -2.23. The Kier molecular flexibility index (Phi) is 3.06. The maximum atomic E-state index is 11.0. The van der Waals surface area contributed by atoms with Crippen LogP contribution in [-0.2, 0) is 4.79 Å². The first-order valence-electron chi connectivity index (χ1n) is 5.73. The van der Waals surface area contributed by atoms with Crippen LogP contribution in [0.5, 0.6) is 0 Å². The molecule has 0 bridgehead atoms. The molecule has 0 unspecified atom stereocenters. The average Bonchev–Trinajstić information content (AvgIpc) is 2.26. The van der Waals surface area contributed by atoms with Crippen molar-refractivity contribution in [1.29, 1.82) is 0 Å². The van der Waals surface area contributed by atoms with Crippen LogP contribution in [0.3, 0.4) is 0 Å². The maximum absolute atomic E-state index is 11.0. The number of primary amides is 1. The minimum absolute atomic E-state index is 0.190. The minimum atomic E-state index is -0.360. The third-order valence-electron chi connectivity index (χ3n) is 2.85. The van der Waals surface area contributed by atoms with E-state index in [1.54, 1.807) is 0 Å². The number of anilines is 1. The molecule has 3 heteroatoms. The molecule has 0 aromatic heterocycles. The molecule has 18 heavy (non-hydrogen) atoms. The van der Waals surface area contributed by atoms with Crippen LogP contribution in [0, 0.1) is 0 Å². The van der Waals surface area contributed by atoms with Crippen LogP contribution in [-0.4, -0.2) is 5.91 Å². The van der Waals surface area contributed by atoms with Crippen LogP contribution < -0.4 is 11.1 Å². The van der Waals surface area contributed by atoms with Crippen LogP contribution in [0.1, 0.15) is 24.5 Å². The number of carbonyl (C=O) groups is 1. The first-order valence-corrected chi connectivity index (χ1v) is 5.73. The van der Waals surface area contributed by atoms with E-state index in [1.165, 1.54) is 0 Å². The SMILES string of the molecule is C=C(C)c1cccc2c1C(=C)C=C(CC(N)=O)N2. The van der Waals surface area contributed by atoms with E-state index >= 15 is 0 Å². The topological polar surface area (TPSA) is 55.1 Å². The number of allylic oxidation sites excluding steroid dienone is 3. The Morgan fingerprint density at radius 2 is 2.17 bits per heavy atom. The van der Waals surface area contributed by atoms with Crippen LogP contribution in [0.15, 0.2) is 43.1 Å². The van der Waals surface area contributed by atoms with Crippen LogP contribution >= 0.6 is 0 Å². The number of fused-ring (bicyclic) bond motifs is 1. The van der Waals surface area contributed by atoms with Gasteiger partial charge in [-0.15, -0.1) is 0 Å². The lowest BCUT2D eigenvalue weighted by atomic mass is 9.91. The molecule has 0 saturated heterocycles. The fourth-order valence-electron chi connectivity index (χ4n) is 2.13. The van der Waals surface area contributed by atoms with E-state index in [4.69, 9.17) is 5.73 Å². The predicted molar refractivity (Wildman–Crippen MR) is 75.7 cm³/mol. The molecule has 1 aromatic carbocycles. The first-order chi connectivity index (χ1) is 8.49. The van der Waals surface area contributed by atoms with Crippen molar-refractivity contribution in [2.24, 2.45) is 5.73 Å². The summed E-state index contributed by atoms with van der Waals surface area (Å²) in [6, 6.07) is 5.93. The standard InChI is InChI=1S/C15H16N2O/c1-9(2)12-5-4-6-13-15(12)10(3)7-11(17-13)8-14(16)18/h4-7,17H,1,3,8H2,2H3,(H2,16,18). The van der Waals surface area contributed by atoms with Crippen LogP contribution in [0.25, 0.3) is 11.1 Å². The third kappa shape index (κ3) is 2.20. The Labute approximate surface area is 107 Å². The Morgan fingerprint density at radius 3 is 2.78 bits per heavy atom. The minimum Gasteiger partial charge on any atom is -0.369 e. The Bertz CT molecular complexity index is 582. The number of nitrogens with one attached hydrogen (secondary N) is 1. The highest BCUT2D eigenvalue weighted by Crippen LogP contribution is 2.36. The van der Waals surface area contributed by atoms with Crippen molar-refractivity contribution in [2.75, 3.05) is 5.32 Å². The highest BCUT2D eigenvalue weighted by atomic mass is 16.1. The van der Waals surface area contributed by atoms with Gasteiger partial charge in [-0.3, -0.25) is 4.79 Å². The summed E-state index contributed by atoms with van der Waals surface area (Å²) < 4.78 is 0. The van der Waals surface area contributed by atoms with Gasteiger partial charge in [-0.05, 0) is 30.2 Å². The van der Waals surface area contributed by atoms with E-state index < -0.39 is 0 Å². The summed E-state index contributed by atoms with van der Waals surface area (Å²) in [5, 5.41) is 3.21. The number of amides is 1. The molecule has 1 heterocycles. The Morgan fingerprint density at radius 1 is 1.44 bits per heavy atom. The summed E-state index contributed by atoms with van der Waals surface area (Å²) in [4.78, 5) is 11.0. The summed E-state index contributed by atoms with van der Waals surface area (Å²) in [6.07, 6.45) is 2.05. The molecule has 0 fully saturated rings. The summed E-state index contributed by atoms with van der Waals surface area (Å²) in [7, 11) is 0. The quantitative estimate of drug-likeness (QED) is 0.853. The van der Waals surface area contributed by atoms with E-state index in [2.05, 4.69) is 18.5 Å².